The molecule has 0 unspecified atom stereocenters. The largest absolute Gasteiger partial charge is 0.321 e. The highest BCUT2D eigenvalue weighted by atomic mass is 32.2. The van der Waals surface area contributed by atoms with E-state index in [1.807, 2.05) is 48.5 Å². The molecule has 0 aliphatic rings. The third-order valence-electron chi connectivity index (χ3n) is 5.76. The number of para-hydroxylation sites is 2. The Morgan fingerprint density at radius 1 is 0.613 bits per heavy atom. The van der Waals surface area contributed by atoms with Crippen LogP contribution >= 0.6 is 0 Å². The van der Waals surface area contributed by atoms with Crippen molar-refractivity contribution in [1.29, 1.82) is 0 Å². The molecule has 6 aromatic rings. The molecule has 1 N–H and O–H groups in total. The maximum absolute atomic E-state index is 13.6. The summed E-state index contributed by atoms with van der Waals surface area (Å²) in [6.45, 7) is 0. The number of hydrogen-bond donors (Lipinski definition) is 1. The van der Waals surface area contributed by atoms with Crippen molar-refractivity contribution in [1.82, 2.24) is 8.96 Å². The van der Waals surface area contributed by atoms with E-state index in [-0.39, 0.29) is 10.5 Å². The average molecular weight is 424 g/mol. The topological polar surface area (TPSA) is 71.9 Å². The number of hydrogen-bond acceptors (Lipinski definition) is 3. The van der Waals surface area contributed by atoms with E-state index < -0.39 is 10.0 Å². The Labute approximate surface area is 177 Å². The molecule has 0 radical (unpaired) electrons. The Bertz CT molecular complexity index is 1810. The van der Waals surface area contributed by atoms with Gasteiger partial charge in [-0.05, 0) is 41.8 Å². The lowest BCUT2D eigenvalue weighted by Crippen LogP contribution is -2.13. The maximum Gasteiger partial charge on any atom is 0.268 e. The number of benzene rings is 4. The van der Waals surface area contributed by atoms with Crippen molar-refractivity contribution in [3.8, 4) is 0 Å². The van der Waals surface area contributed by atoms with E-state index in [9.17, 15) is 13.2 Å². The monoisotopic (exact) mass is 424 g/mol. The number of aromatic nitrogens is 2. The number of pyridine rings is 1. The fraction of sp³-hybridized carbons (Fsp3) is 0. The van der Waals surface area contributed by atoms with Gasteiger partial charge >= 0.3 is 0 Å². The summed E-state index contributed by atoms with van der Waals surface area (Å²) < 4.78 is 28.6. The van der Waals surface area contributed by atoms with Gasteiger partial charge < -0.3 is 4.98 Å². The van der Waals surface area contributed by atoms with Gasteiger partial charge in [-0.25, -0.2) is 12.4 Å². The zero-order valence-corrected chi connectivity index (χ0v) is 17.1. The summed E-state index contributed by atoms with van der Waals surface area (Å²) in [5, 5.41) is 3.79. The molecule has 2 aromatic heterocycles. The molecule has 0 atom stereocenters. The van der Waals surface area contributed by atoms with Crippen LogP contribution in [0.5, 0.6) is 0 Å². The predicted molar refractivity (Wildman–Crippen MR) is 124 cm³/mol. The van der Waals surface area contributed by atoms with Crippen LogP contribution in [0.25, 0.3) is 43.5 Å². The van der Waals surface area contributed by atoms with E-state index >= 15 is 0 Å². The lowest BCUT2D eigenvalue weighted by Gasteiger charge is -2.10. The number of aromatic amines is 1. The molecule has 31 heavy (non-hydrogen) atoms. The normalized spacial score (nSPS) is 12.3. The van der Waals surface area contributed by atoms with Crippen molar-refractivity contribution in [3.05, 3.63) is 101 Å². The first-order chi connectivity index (χ1) is 15.1. The zero-order valence-electron chi connectivity index (χ0n) is 16.2. The van der Waals surface area contributed by atoms with Crippen molar-refractivity contribution in [2.75, 3.05) is 0 Å². The first-order valence-electron chi connectivity index (χ1n) is 9.84. The maximum atomic E-state index is 13.6. The van der Waals surface area contributed by atoms with E-state index in [4.69, 9.17) is 0 Å². The van der Waals surface area contributed by atoms with Crippen LogP contribution in [0.2, 0.25) is 0 Å². The first kappa shape index (κ1) is 17.9. The van der Waals surface area contributed by atoms with Gasteiger partial charge in [0.2, 0.25) is 0 Å². The van der Waals surface area contributed by atoms with Gasteiger partial charge in [0.05, 0.1) is 15.9 Å². The molecule has 0 spiro atoms. The summed E-state index contributed by atoms with van der Waals surface area (Å²) in [5.41, 5.74) is 1.57. The highest BCUT2D eigenvalue weighted by molar-refractivity contribution is 7.90. The summed E-state index contributed by atoms with van der Waals surface area (Å²) in [7, 11) is -3.87. The van der Waals surface area contributed by atoms with E-state index in [0.717, 1.165) is 27.1 Å². The molecule has 4 aromatic carbocycles. The molecule has 0 amide bonds. The molecule has 0 aliphatic heterocycles. The minimum atomic E-state index is -3.87. The molecule has 150 valence electrons. The number of H-pyrrole nitrogens is 1. The summed E-state index contributed by atoms with van der Waals surface area (Å²) in [5.74, 6) is 0. The van der Waals surface area contributed by atoms with Crippen LogP contribution in [-0.2, 0) is 10.0 Å². The Morgan fingerprint density at radius 2 is 1.29 bits per heavy atom. The Balaban J connectivity index is 1.85. The van der Waals surface area contributed by atoms with Crippen molar-refractivity contribution >= 4 is 53.5 Å². The minimum absolute atomic E-state index is 0.199. The average Bonchev–Trinajstić information content (AvgIpc) is 3.13. The highest BCUT2D eigenvalue weighted by Crippen LogP contribution is 2.35. The Hall–Kier alpha value is -3.90. The summed E-state index contributed by atoms with van der Waals surface area (Å²) in [6, 6.07) is 27.0. The molecule has 5 nitrogen and oxygen atoms in total. The van der Waals surface area contributed by atoms with E-state index in [1.165, 1.54) is 3.97 Å². The Morgan fingerprint density at radius 3 is 2.10 bits per heavy atom. The fourth-order valence-corrected chi connectivity index (χ4v) is 5.90. The number of fused-ring (bicyclic) bond motifs is 6. The zero-order chi connectivity index (χ0) is 21.2. The van der Waals surface area contributed by atoms with Gasteiger partial charge in [-0.2, -0.15) is 0 Å². The SMILES string of the molecule is O=c1[nH]c2ccccc2c2cc3c4ccccc4n(S(=O)(=O)c4ccccc4)c3cc12. The lowest BCUT2D eigenvalue weighted by molar-refractivity contribution is 0.590. The van der Waals surface area contributed by atoms with Crippen LogP contribution in [0.3, 0.4) is 0 Å². The van der Waals surface area contributed by atoms with Crippen molar-refractivity contribution in [2.24, 2.45) is 0 Å². The second kappa shape index (κ2) is 6.30. The molecule has 6 heteroatoms. The van der Waals surface area contributed by atoms with Gasteiger partial charge in [-0.15, -0.1) is 0 Å². The van der Waals surface area contributed by atoms with E-state index in [2.05, 4.69) is 4.98 Å². The first-order valence-corrected chi connectivity index (χ1v) is 11.3. The molecule has 0 saturated heterocycles. The molecule has 0 bridgehead atoms. The number of rotatable bonds is 2. The van der Waals surface area contributed by atoms with Gasteiger partial charge in [0, 0.05) is 27.1 Å². The van der Waals surface area contributed by atoms with Crippen molar-refractivity contribution in [3.63, 3.8) is 0 Å². The molecule has 2 heterocycles. The number of nitrogens with one attached hydrogen (secondary N) is 1. The van der Waals surface area contributed by atoms with Crippen LogP contribution in [0.4, 0.5) is 0 Å². The van der Waals surface area contributed by atoms with Crippen molar-refractivity contribution in [2.45, 2.75) is 4.90 Å². The van der Waals surface area contributed by atoms with Crippen LogP contribution in [0, 0.1) is 0 Å². The quantitative estimate of drug-likeness (QED) is 0.397. The second-order valence-corrected chi connectivity index (χ2v) is 9.30. The minimum Gasteiger partial charge on any atom is -0.321 e. The van der Waals surface area contributed by atoms with Crippen LogP contribution < -0.4 is 5.56 Å². The van der Waals surface area contributed by atoms with E-state index in [0.29, 0.717) is 16.4 Å². The standard InChI is InChI=1S/C25H16N2O3S/c28-25-21-15-24-20(14-19(21)17-10-4-6-12-22(17)26-25)18-11-5-7-13-23(18)27(24)31(29,30)16-8-2-1-3-9-16/h1-15H,(H,26,28). The summed E-state index contributed by atoms with van der Waals surface area (Å²) in [6.07, 6.45) is 0. The molecule has 0 saturated carbocycles. The van der Waals surface area contributed by atoms with Crippen LogP contribution in [0.15, 0.2) is 101 Å². The smallest absolute Gasteiger partial charge is 0.268 e. The Kier molecular flexibility index (Phi) is 3.64. The van der Waals surface area contributed by atoms with Crippen LogP contribution in [0.1, 0.15) is 0 Å². The van der Waals surface area contributed by atoms with E-state index in [1.54, 1.807) is 42.5 Å². The molecular formula is C25H16N2O3S. The second-order valence-electron chi connectivity index (χ2n) is 7.51. The highest BCUT2D eigenvalue weighted by Gasteiger charge is 2.24. The number of nitrogens with zero attached hydrogens (tertiary/aromatic N) is 1. The molecule has 0 fully saturated rings. The predicted octanol–water partition coefficient (Wildman–Crippen LogP) is 5.03. The summed E-state index contributed by atoms with van der Waals surface area (Å²) >= 11 is 0. The molecule has 6 rings (SSSR count). The molecular weight excluding hydrogens is 408 g/mol. The van der Waals surface area contributed by atoms with Gasteiger partial charge in [0.1, 0.15) is 0 Å². The van der Waals surface area contributed by atoms with Gasteiger partial charge in [-0.1, -0.05) is 54.6 Å². The third kappa shape index (κ3) is 2.49. The van der Waals surface area contributed by atoms with Gasteiger partial charge in [0.25, 0.3) is 15.6 Å². The summed E-state index contributed by atoms with van der Waals surface area (Å²) in [4.78, 5) is 16.0. The fourth-order valence-electron chi connectivity index (χ4n) is 4.36. The van der Waals surface area contributed by atoms with Gasteiger partial charge in [0.15, 0.2) is 0 Å². The van der Waals surface area contributed by atoms with Gasteiger partial charge in [-0.3, -0.25) is 4.79 Å². The van der Waals surface area contributed by atoms with Crippen LogP contribution in [-0.4, -0.2) is 17.4 Å². The van der Waals surface area contributed by atoms with Crippen molar-refractivity contribution < 1.29 is 8.42 Å². The third-order valence-corrected chi connectivity index (χ3v) is 7.50. The lowest BCUT2D eigenvalue weighted by atomic mass is 10.0. The molecule has 0 aliphatic carbocycles.